The number of rotatable bonds is 9. The first kappa shape index (κ1) is 22.2. The number of fused-ring (bicyclic) bond motifs is 1. The van der Waals surface area contributed by atoms with Gasteiger partial charge in [0.25, 0.3) is 0 Å². The van der Waals surface area contributed by atoms with Crippen LogP contribution in [0.4, 0.5) is 0 Å². The van der Waals surface area contributed by atoms with Crippen LogP contribution >= 0.6 is 0 Å². The first-order valence-corrected chi connectivity index (χ1v) is 11.0. The van der Waals surface area contributed by atoms with Crippen LogP contribution in [0.5, 0.6) is 5.75 Å². The highest BCUT2D eigenvalue weighted by Crippen LogP contribution is 2.30. The molecule has 0 saturated heterocycles. The number of nitrogens with one attached hydrogen (secondary N) is 2. The van der Waals surface area contributed by atoms with Gasteiger partial charge in [0, 0.05) is 13.0 Å². The van der Waals surface area contributed by atoms with Gasteiger partial charge in [0.15, 0.2) is 0 Å². The van der Waals surface area contributed by atoms with Crippen LogP contribution in [-0.2, 0) is 26.0 Å². The highest BCUT2D eigenvalue weighted by Gasteiger charge is 2.37. The summed E-state index contributed by atoms with van der Waals surface area (Å²) in [5, 5.41) is 12.9. The van der Waals surface area contributed by atoms with Crippen LogP contribution in [-0.4, -0.2) is 57.8 Å². The molecule has 1 aromatic carbocycles. The SMILES string of the molecule is CCCCOC(=O)c1cccc2c1OB(O)[C@@H](NC(=O)CCNS(C)(=O)=O)C2. The smallest absolute Gasteiger partial charge is 0.534 e. The summed E-state index contributed by atoms with van der Waals surface area (Å²) in [6.45, 7) is 2.25. The van der Waals surface area contributed by atoms with Gasteiger partial charge in [-0.3, -0.25) is 4.79 Å². The third-order valence-corrected chi connectivity index (χ3v) is 4.86. The average Bonchev–Trinajstić information content (AvgIpc) is 2.61. The molecular formula is C17H25BN2O7S. The van der Waals surface area contributed by atoms with Crippen molar-refractivity contribution in [2.45, 2.75) is 38.5 Å². The Kier molecular flexibility index (Phi) is 7.84. The largest absolute Gasteiger partial charge is 0.547 e. The van der Waals surface area contributed by atoms with Gasteiger partial charge in [0.1, 0.15) is 11.3 Å². The summed E-state index contributed by atoms with van der Waals surface area (Å²) in [5.74, 6) is -1.42. The van der Waals surface area contributed by atoms with Crippen molar-refractivity contribution < 1.29 is 32.4 Å². The molecule has 1 aliphatic heterocycles. The van der Waals surface area contributed by atoms with Crippen LogP contribution in [0.3, 0.4) is 0 Å². The summed E-state index contributed by atoms with van der Waals surface area (Å²) in [6, 6.07) is 5.00. The lowest BCUT2D eigenvalue weighted by Gasteiger charge is -2.29. The van der Waals surface area contributed by atoms with Crippen molar-refractivity contribution in [3.63, 3.8) is 0 Å². The number of ether oxygens (including phenoxy) is 1. The van der Waals surface area contributed by atoms with Crippen molar-refractivity contribution in [1.29, 1.82) is 0 Å². The van der Waals surface area contributed by atoms with Crippen LogP contribution < -0.4 is 14.7 Å². The molecule has 0 fully saturated rings. The average molecular weight is 412 g/mol. The minimum atomic E-state index is -3.37. The highest BCUT2D eigenvalue weighted by atomic mass is 32.2. The predicted octanol–water partition coefficient (Wildman–Crippen LogP) is 0.0222. The van der Waals surface area contributed by atoms with Gasteiger partial charge in [-0.05, 0) is 24.5 Å². The molecule has 3 N–H and O–H groups in total. The maximum absolute atomic E-state index is 12.2. The molecule has 0 aromatic heterocycles. The number of sulfonamides is 1. The lowest BCUT2D eigenvalue weighted by molar-refractivity contribution is -0.121. The third-order valence-electron chi connectivity index (χ3n) is 4.13. The van der Waals surface area contributed by atoms with Crippen molar-refractivity contribution in [2.24, 2.45) is 0 Å². The number of benzene rings is 1. The monoisotopic (exact) mass is 412 g/mol. The van der Waals surface area contributed by atoms with Gasteiger partial charge in [-0.15, -0.1) is 0 Å². The van der Waals surface area contributed by atoms with E-state index in [1.54, 1.807) is 18.2 Å². The second kappa shape index (κ2) is 9.90. The minimum Gasteiger partial charge on any atom is -0.534 e. The molecule has 0 radical (unpaired) electrons. The molecule has 28 heavy (non-hydrogen) atoms. The standard InChI is InChI=1S/C17H25BN2O7S/c1-3-4-10-26-17(22)13-7-5-6-12-11-14(18(23)27-16(12)13)20-15(21)8-9-19-28(2,24)25/h5-7,14,19,23H,3-4,8-11H2,1-2H3,(H,20,21)/t14-/m0/s1. The molecule has 1 amide bonds. The zero-order chi connectivity index (χ0) is 20.7. The summed E-state index contributed by atoms with van der Waals surface area (Å²) >= 11 is 0. The first-order chi connectivity index (χ1) is 13.2. The van der Waals surface area contributed by atoms with E-state index in [1.807, 2.05) is 6.92 Å². The van der Waals surface area contributed by atoms with Gasteiger partial charge in [0.05, 0.1) is 18.8 Å². The van der Waals surface area contributed by atoms with Crippen LogP contribution in [0.25, 0.3) is 0 Å². The summed E-state index contributed by atoms with van der Waals surface area (Å²) < 4.78 is 35.0. The second-order valence-electron chi connectivity index (χ2n) is 6.59. The molecule has 154 valence electrons. The molecule has 0 unspecified atom stereocenters. The number of para-hydroxylation sites is 1. The van der Waals surface area contributed by atoms with Gasteiger partial charge in [-0.25, -0.2) is 17.9 Å². The third kappa shape index (κ3) is 6.50. The Hall–Kier alpha value is -2.11. The van der Waals surface area contributed by atoms with E-state index in [-0.39, 0.29) is 30.7 Å². The fourth-order valence-electron chi connectivity index (χ4n) is 2.72. The fourth-order valence-corrected chi connectivity index (χ4v) is 3.20. The number of hydrogen-bond acceptors (Lipinski definition) is 7. The zero-order valence-corrected chi connectivity index (χ0v) is 16.8. The number of carbonyl (C=O) groups excluding carboxylic acids is 2. The van der Waals surface area contributed by atoms with Gasteiger partial charge < -0.3 is 19.7 Å². The minimum absolute atomic E-state index is 0.0430. The molecule has 0 spiro atoms. The Morgan fingerprint density at radius 2 is 2.14 bits per heavy atom. The molecule has 1 atom stereocenters. The van der Waals surface area contributed by atoms with Crippen molar-refractivity contribution in [1.82, 2.24) is 10.0 Å². The Balaban J connectivity index is 2.00. The fraction of sp³-hybridized carbons (Fsp3) is 0.529. The quantitative estimate of drug-likeness (QED) is 0.296. The first-order valence-electron chi connectivity index (χ1n) is 9.09. The number of hydrogen-bond donors (Lipinski definition) is 3. The molecule has 2 rings (SSSR count). The van der Waals surface area contributed by atoms with E-state index < -0.39 is 35.0 Å². The highest BCUT2D eigenvalue weighted by molar-refractivity contribution is 7.88. The van der Waals surface area contributed by atoms with Gasteiger partial charge >= 0.3 is 13.1 Å². The van der Waals surface area contributed by atoms with E-state index in [9.17, 15) is 23.0 Å². The van der Waals surface area contributed by atoms with Crippen molar-refractivity contribution >= 4 is 29.0 Å². The Morgan fingerprint density at radius 1 is 1.39 bits per heavy atom. The van der Waals surface area contributed by atoms with Crippen LogP contribution in [0.2, 0.25) is 0 Å². The number of carbonyl (C=O) groups is 2. The molecular weight excluding hydrogens is 387 g/mol. The Morgan fingerprint density at radius 3 is 2.82 bits per heavy atom. The number of amides is 1. The van der Waals surface area contributed by atoms with Crippen LogP contribution in [0.1, 0.15) is 42.1 Å². The lowest BCUT2D eigenvalue weighted by atomic mass is 9.72. The van der Waals surface area contributed by atoms with Crippen LogP contribution in [0, 0.1) is 0 Å². The summed E-state index contributed by atoms with van der Waals surface area (Å²) in [4.78, 5) is 24.2. The van der Waals surface area contributed by atoms with E-state index >= 15 is 0 Å². The van der Waals surface area contributed by atoms with E-state index in [0.717, 1.165) is 19.1 Å². The Bertz CT molecular complexity index is 816. The second-order valence-corrected chi connectivity index (χ2v) is 8.42. The molecule has 0 saturated carbocycles. The normalized spacial score (nSPS) is 16.1. The molecule has 0 aliphatic carbocycles. The van der Waals surface area contributed by atoms with Crippen LogP contribution in [0.15, 0.2) is 18.2 Å². The molecule has 1 aliphatic rings. The van der Waals surface area contributed by atoms with E-state index in [4.69, 9.17) is 9.39 Å². The topological polar surface area (TPSA) is 131 Å². The van der Waals surface area contributed by atoms with Gasteiger partial charge in [-0.1, -0.05) is 25.5 Å². The zero-order valence-electron chi connectivity index (χ0n) is 15.9. The van der Waals surface area contributed by atoms with E-state index in [2.05, 4.69) is 10.0 Å². The summed E-state index contributed by atoms with van der Waals surface area (Å²) in [7, 11) is -4.72. The van der Waals surface area contributed by atoms with E-state index in [0.29, 0.717) is 12.2 Å². The molecule has 1 aromatic rings. The van der Waals surface area contributed by atoms with Crippen molar-refractivity contribution in [2.75, 3.05) is 19.4 Å². The van der Waals surface area contributed by atoms with Gasteiger partial charge in [-0.2, -0.15) is 0 Å². The molecule has 11 heteroatoms. The van der Waals surface area contributed by atoms with Crippen molar-refractivity contribution in [3.8, 4) is 5.75 Å². The molecule has 0 bridgehead atoms. The van der Waals surface area contributed by atoms with Crippen molar-refractivity contribution in [3.05, 3.63) is 29.3 Å². The molecule has 1 heterocycles. The number of esters is 1. The number of unbranched alkanes of at least 4 members (excludes halogenated alkanes) is 1. The Labute approximate surface area is 165 Å². The van der Waals surface area contributed by atoms with Gasteiger partial charge in [0.2, 0.25) is 15.9 Å². The maximum atomic E-state index is 12.2. The lowest BCUT2D eigenvalue weighted by Crippen LogP contribution is -2.53. The summed E-state index contributed by atoms with van der Waals surface area (Å²) in [5.41, 5.74) is 0.893. The maximum Gasteiger partial charge on any atom is 0.547 e. The summed E-state index contributed by atoms with van der Waals surface area (Å²) in [6.07, 6.45) is 2.85. The molecule has 9 nitrogen and oxygen atoms in total. The van der Waals surface area contributed by atoms with E-state index in [1.165, 1.54) is 0 Å². The predicted molar refractivity (Wildman–Crippen MR) is 103 cm³/mol.